The quantitative estimate of drug-likeness (QED) is 0.850. The van der Waals surface area contributed by atoms with E-state index in [4.69, 9.17) is 0 Å². The number of hydrogen-bond acceptors (Lipinski definition) is 2. The molecule has 0 aromatic heterocycles. The van der Waals surface area contributed by atoms with Crippen molar-refractivity contribution >= 4 is 11.9 Å². The number of nitrogens with zero attached hydrogens (tertiary/aromatic N) is 1. The highest BCUT2D eigenvalue weighted by Gasteiger charge is 2.37. The smallest absolute Gasteiger partial charge is 0.306 e. The molecule has 118 valence electrons. The molecule has 1 aromatic carbocycles. The van der Waals surface area contributed by atoms with Crippen LogP contribution in [-0.4, -0.2) is 35.0 Å². The Morgan fingerprint density at radius 1 is 1.41 bits per heavy atom. The van der Waals surface area contributed by atoms with Crippen LogP contribution in [0.5, 0.6) is 0 Å². The molecule has 0 bridgehead atoms. The summed E-state index contributed by atoms with van der Waals surface area (Å²) in [5, 5.41) is 9.38. The molecule has 1 aliphatic rings. The lowest BCUT2D eigenvalue weighted by Gasteiger charge is -2.39. The maximum atomic E-state index is 12.5. The van der Waals surface area contributed by atoms with Crippen molar-refractivity contribution < 1.29 is 14.7 Å². The Morgan fingerprint density at radius 3 is 2.64 bits per heavy atom. The summed E-state index contributed by atoms with van der Waals surface area (Å²) in [7, 11) is 0. The van der Waals surface area contributed by atoms with Crippen LogP contribution in [0, 0.1) is 17.8 Å². The maximum absolute atomic E-state index is 12.5. The lowest BCUT2D eigenvalue weighted by Crippen LogP contribution is -2.46. The number of carboxylic acids is 1. The van der Waals surface area contributed by atoms with Crippen LogP contribution in [0.15, 0.2) is 43.0 Å². The standard InChI is InChI=1S/C18H23NO3/c1-3-13-12-19(17(20)14-8-6-5-7-9-14)11-10-16(13)15(4-2)18(21)22/h3,5-9,13,15-16H,1,4,10-12H2,2H3,(H,21,22)/t13-,15?,16-/m0/s1. The first-order chi connectivity index (χ1) is 10.6. The molecule has 0 radical (unpaired) electrons. The second-order valence-corrected chi connectivity index (χ2v) is 5.82. The van der Waals surface area contributed by atoms with E-state index in [2.05, 4.69) is 6.58 Å². The molecule has 4 heteroatoms. The van der Waals surface area contributed by atoms with Crippen molar-refractivity contribution in [3.05, 3.63) is 48.6 Å². The van der Waals surface area contributed by atoms with Crippen molar-refractivity contribution in [2.75, 3.05) is 13.1 Å². The summed E-state index contributed by atoms with van der Waals surface area (Å²) in [6, 6.07) is 9.20. The third-order valence-electron chi connectivity index (χ3n) is 4.60. The Bertz CT molecular complexity index is 541. The van der Waals surface area contributed by atoms with Crippen molar-refractivity contribution in [3.8, 4) is 0 Å². The Labute approximate surface area is 131 Å². The van der Waals surface area contributed by atoms with Gasteiger partial charge in [-0.3, -0.25) is 9.59 Å². The number of benzene rings is 1. The van der Waals surface area contributed by atoms with Gasteiger partial charge in [-0.05, 0) is 36.8 Å². The predicted molar refractivity (Wildman–Crippen MR) is 85.6 cm³/mol. The highest BCUT2D eigenvalue weighted by atomic mass is 16.4. The number of rotatable bonds is 5. The van der Waals surface area contributed by atoms with Gasteiger partial charge in [-0.15, -0.1) is 6.58 Å². The van der Waals surface area contributed by atoms with Crippen LogP contribution in [-0.2, 0) is 4.79 Å². The summed E-state index contributed by atoms with van der Waals surface area (Å²) in [5.41, 5.74) is 0.675. The van der Waals surface area contributed by atoms with Crippen LogP contribution in [0.3, 0.4) is 0 Å². The summed E-state index contributed by atoms with van der Waals surface area (Å²) in [4.78, 5) is 25.7. The van der Waals surface area contributed by atoms with E-state index < -0.39 is 5.97 Å². The highest BCUT2D eigenvalue weighted by molar-refractivity contribution is 5.94. The molecular formula is C18H23NO3. The molecule has 1 heterocycles. The summed E-state index contributed by atoms with van der Waals surface area (Å²) < 4.78 is 0. The van der Waals surface area contributed by atoms with Crippen molar-refractivity contribution in [2.45, 2.75) is 19.8 Å². The fourth-order valence-corrected chi connectivity index (χ4v) is 3.36. The van der Waals surface area contributed by atoms with Crippen LogP contribution >= 0.6 is 0 Å². The molecule has 1 aliphatic heterocycles. The molecule has 0 aliphatic carbocycles. The van der Waals surface area contributed by atoms with Gasteiger partial charge in [0.15, 0.2) is 0 Å². The predicted octanol–water partition coefficient (Wildman–Crippen LogP) is 3.06. The van der Waals surface area contributed by atoms with Gasteiger partial charge >= 0.3 is 5.97 Å². The van der Waals surface area contributed by atoms with E-state index in [9.17, 15) is 14.7 Å². The molecule has 4 nitrogen and oxygen atoms in total. The first-order valence-corrected chi connectivity index (χ1v) is 7.78. The van der Waals surface area contributed by atoms with Gasteiger partial charge in [0.05, 0.1) is 5.92 Å². The number of hydrogen-bond donors (Lipinski definition) is 1. The van der Waals surface area contributed by atoms with E-state index in [0.29, 0.717) is 31.5 Å². The zero-order chi connectivity index (χ0) is 16.1. The van der Waals surface area contributed by atoms with Crippen molar-refractivity contribution in [1.82, 2.24) is 4.90 Å². The van der Waals surface area contributed by atoms with E-state index >= 15 is 0 Å². The Balaban J connectivity index is 2.11. The molecule has 3 atom stereocenters. The minimum Gasteiger partial charge on any atom is -0.481 e. The average molecular weight is 301 g/mol. The summed E-state index contributed by atoms with van der Waals surface area (Å²) >= 11 is 0. The van der Waals surface area contributed by atoms with Gasteiger partial charge in [-0.2, -0.15) is 0 Å². The average Bonchev–Trinajstić information content (AvgIpc) is 2.55. The zero-order valence-electron chi connectivity index (χ0n) is 12.9. The molecule has 1 saturated heterocycles. The third-order valence-corrected chi connectivity index (χ3v) is 4.60. The van der Waals surface area contributed by atoms with Gasteiger partial charge in [0.25, 0.3) is 5.91 Å². The van der Waals surface area contributed by atoms with Crippen LogP contribution < -0.4 is 0 Å². The Kier molecular flexibility index (Phi) is 5.36. The van der Waals surface area contributed by atoms with Gasteiger partial charge in [-0.25, -0.2) is 0 Å². The lowest BCUT2D eigenvalue weighted by molar-refractivity contribution is -0.145. The second kappa shape index (κ2) is 7.25. The molecule has 1 fully saturated rings. The second-order valence-electron chi connectivity index (χ2n) is 5.82. The molecule has 0 saturated carbocycles. The fourth-order valence-electron chi connectivity index (χ4n) is 3.36. The normalized spacial score (nSPS) is 22.9. The molecule has 1 aromatic rings. The van der Waals surface area contributed by atoms with Crippen molar-refractivity contribution in [1.29, 1.82) is 0 Å². The van der Waals surface area contributed by atoms with E-state index in [1.807, 2.05) is 42.2 Å². The molecule has 1 unspecified atom stereocenters. The minimum absolute atomic E-state index is 0.00859. The monoisotopic (exact) mass is 301 g/mol. The first kappa shape index (κ1) is 16.3. The Morgan fingerprint density at radius 2 is 2.09 bits per heavy atom. The third kappa shape index (κ3) is 3.38. The number of carboxylic acid groups (broad SMARTS) is 1. The van der Waals surface area contributed by atoms with Crippen LogP contribution in [0.1, 0.15) is 30.1 Å². The van der Waals surface area contributed by atoms with Gasteiger partial charge in [0.2, 0.25) is 0 Å². The van der Waals surface area contributed by atoms with Crippen molar-refractivity contribution in [2.24, 2.45) is 17.8 Å². The van der Waals surface area contributed by atoms with E-state index in [0.717, 1.165) is 0 Å². The van der Waals surface area contributed by atoms with E-state index in [-0.39, 0.29) is 23.7 Å². The Hall–Kier alpha value is -2.10. The lowest BCUT2D eigenvalue weighted by atomic mass is 9.75. The first-order valence-electron chi connectivity index (χ1n) is 7.78. The van der Waals surface area contributed by atoms with Gasteiger partial charge in [-0.1, -0.05) is 31.2 Å². The van der Waals surface area contributed by atoms with Crippen LogP contribution in [0.2, 0.25) is 0 Å². The van der Waals surface area contributed by atoms with Gasteiger partial charge < -0.3 is 10.0 Å². The largest absolute Gasteiger partial charge is 0.481 e. The maximum Gasteiger partial charge on any atom is 0.306 e. The number of amides is 1. The topological polar surface area (TPSA) is 57.6 Å². The summed E-state index contributed by atoms with van der Waals surface area (Å²) in [6.07, 6.45) is 3.12. The van der Waals surface area contributed by atoms with E-state index in [1.54, 1.807) is 6.08 Å². The number of piperidine rings is 1. The zero-order valence-corrected chi connectivity index (χ0v) is 12.9. The molecule has 1 N–H and O–H groups in total. The molecule has 1 amide bonds. The molecule has 2 rings (SSSR count). The minimum atomic E-state index is -0.748. The molecule has 0 spiro atoms. The highest BCUT2D eigenvalue weighted by Crippen LogP contribution is 2.33. The van der Waals surface area contributed by atoms with Gasteiger partial charge in [0.1, 0.15) is 0 Å². The number of carbonyl (C=O) groups excluding carboxylic acids is 1. The fraction of sp³-hybridized carbons (Fsp3) is 0.444. The summed E-state index contributed by atoms with van der Waals surface area (Å²) in [5.74, 6) is -1.02. The van der Waals surface area contributed by atoms with Crippen LogP contribution in [0.4, 0.5) is 0 Å². The van der Waals surface area contributed by atoms with E-state index in [1.165, 1.54) is 0 Å². The van der Waals surface area contributed by atoms with Crippen molar-refractivity contribution in [3.63, 3.8) is 0 Å². The molecular weight excluding hydrogens is 278 g/mol. The molecule has 22 heavy (non-hydrogen) atoms. The van der Waals surface area contributed by atoms with Gasteiger partial charge in [0, 0.05) is 18.7 Å². The van der Waals surface area contributed by atoms with Crippen LogP contribution in [0.25, 0.3) is 0 Å². The number of likely N-dealkylation sites (tertiary alicyclic amines) is 1. The SMILES string of the molecule is C=C[C@H]1CN(C(=O)c2ccccc2)CC[C@@H]1C(CC)C(=O)O. The summed E-state index contributed by atoms with van der Waals surface area (Å²) in [6.45, 7) is 6.90. The number of aliphatic carboxylic acids is 1. The number of carbonyl (C=O) groups is 2.